The first-order valence-corrected chi connectivity index (χ1v) is 8.10. The van der Waals surface area contributed by atoms with Crippen molar-refractivity contribution in [2.24, 2.45) is 0 Å². The third kappa shape index (κ3) is 3.07. The molecule has 0 saturated carbocycles. The van der Waals surface area contributed by atoms with Gasteiger partial charge in [-0.25, -0.2) is 4.21 Å². The second-order valence-corrected chi connectivity index (χ2v) is 6.68. The fraction of sp³-hybridized carbons (Fsp3) is 0. The van der Waals surface area contributed by atoms with Gasteiger partial charge in [-0.1, -0.05) is 72.3 Å². The van der Waals surface area contributed by atoms with E-state index in [-0.39, 0.29) is 0 Å². The van der Waals surface area contributed by atoms with Crippen LogP contribution >= 0.6 is 11.6 Å². The molecular formula is C18H13ClOS. The maximum absolute atomic E-state index is 12.4. The zero-order valence-electron chi connectivity index (χ0n) is 11.2. The molecule has 104 valence electrons. The topological polar surface area (TPSA) is 17.1 Å². The first-order valence-electron chi connectivity index (χ1n) is 6.57. The maximum Gasteiger partial charge on any atom is 0.110 e. The van der Waals surface area contributed by atoms with Gasteiger partial charge < -0.3 is 0 Å². The Bertz CT molecular complexity index is 820. The van der Waals surface area contributed by atoms with Crippen LogP contribution in [0.3, 0.4) is 0 Å². The molecule has 1 nitrogen and oxygen atoms in total. The second kappa shape index (κ2) is 6.25. The lowest BCUT2D eigenvalue weighted by atomic mass is 10.1. The van der Waals surface area contributed by atoms with Crippen molar-refractivity contribution in [3.8, 4) is 0 Å². The Morgan fingerprint density at radius 3 is 2.33 bits per heavy atom. The molecule has 0 aliphatic rings. The summed E-state index contributed by atoms with van der Waals surface area (Å²) in [6, 6.07) is 23.3. The van der Waals surface area contributed by atoms with E-state index in [4.69, 9.17) is 11.6 Å². The minimum Gasteiger partial charge on any atom is -0.248 e. The third-order valence-electron chi connectivity index (χ3n) is 3.23. The summed E-state index contributed by atoms with van der Waals surface area (Å²) >= 11 is 6.26. The molecule has 1 atom stereocenters. The second-order valence-electron chi connectivity index (χ2n) is 4.60. The fourth-order valence-corrected chi connectivity index (χ4v) is 3.46. The normalized spacial score (nSPS) is 13.3. The molecule has 0 N–H and O–H groups in total. The van der Waals surface area contributed by atoms with E-state index in [0.717, 1.165) is 16.3 Å². The molecule has 0 radical (unpaired) electrons. The van der Waals surface area contributed by atoms with Crippen LogP contribution in [-0.2, 0) is 10.8 Å². The van der Waals surface area contributed by atoms with E-state index >= 15 is 0 Å². The number of benzene rings is 3. The van der Waals surface area contributed by atoms with Gasteiger partial charge in [0.2, 0.25) is 0 Å². The van der Waals surface area contributed by atoms with Crippen molar-refractivity contribution < 1.29 is 4.21 Å². The molecule has 0 bridgehead atoms. The molecule has 3 aromatic rings. The van der Waals surface area contributed by atoms with Crippen LogP contribution in [0.5, 0.6) is 0 Å². The summed E-state index contributed by atoms with van der Waals surface area (Å²) < 4.78 is 12.7. The minimum atomic E-state index is -1.35. The first kappa shape index (κ1) is 14.1. The summed E-state index contributed by atoms with van der Waals surface area (Å²) in [4.78, 5) is 0.707. The van der Waals surface area contributed by atoms with Crippen LogP contribution in [-0.4, -0.2) is 4.21 Å². The molecule has 3 aromatic carbocycles. The number of rotatable bonds is 3. The van der Waals surface area contributed by atoms with Gasteiger partial charge in [0.15, 0.2) is 0 Å². The highest BCUT2D eigenvalue weighted by atomic mass is 35.5. The van der Waals surface area contributed by atoms with Crippen molar-refractivity contribution in [1.82, 2.24) is 0 Å². The fourth-order valence-electron chi connectivity index (χ4n) is 2.21. The predicted molar refractivity (Wildman–Crippen MR) is 90.6 cm³/mol. The maximum atomic E-state index is 12.4. The third-order valence-corrected chi connectivity index (χ3v) is 4.93. The van der Waals surface area contributed by atoms with Gasteiger partial charge in [0.25, 0.3) is 0 Å². The van der Waals surface area contributed by atoms with Gasteiger partial charge in [-0.05, 0) is 34.5 Å². The van der Waals surface area contributed by atoms with Gasteiger partial charge in [0.1, 0.15) is 4.36 Å². The molecule has 0 amide bonds. The Morgan fingerprint density at radius 2 is 1.52 bits per heavy atom. The van der Waals surface area contributed by atoms with Gasteiger partial charge in [0, 0.05) is 4.90 Å². The lowest BCUT2D eigenvalue weighted by Crippen LogP contribution is -1.90. The SMILES string of the molecule is O=S(/C(Cl)=C\c1cccc2ccccc12)c1ccccc1. The molecule has 0 aromatic heterocycles. The minimum absolute atomic E-state index is 0.331. The van der Waals surface area contributed by atoms with E-state index in [2.05, 4.69) is 12.1 Å². The van der Waals surface area contributed by atoms with E-state index in [1.807, 2.05) is 60.7 Å². The summed E-state index contributed by atoms with van der Waals surface area (Å²) in [5, 5.41) is 2.24. The molecule has 3 rings (SSSR count). The number of halogens is 1. The molecule has 0 heterocycles. The molecule has 21 heavy (non-hydrogen) atoms. The van der Waals surface area contributed by atoms with Crippen LogP contribution in [0.4, 0.5) is 0 Å². The molecule has 0 saturated heterocycles. The van der Waals surface area contributed by atoms with Crippen LogP contribution in [0.1, 0.15) is 5.56 Å². The van der Waals surface area contributed by atoms with E-state index in [0.29, 0.717) is 9.26 Å². The zero-order chi connectivity index (χ0) is 14.7. The molecule has 0 aliphatic carbocycles. The molecule has 0 aliphatic heterocycles. The summed E-state index contributed by atoms with van der Waals surface area (Å²) in [5.41, 5.74) is 0.974. The smallest absolute Gasteiger partial charge is 0.110 e. The Morgan fingerprint density at radius 1 is 0.857 bits per heavy atom. The van der Waals surface area contributed by atoms with Crippen molar-refractivity contribution in [3.63, 3.8) is 0 Å². The van der Waals surface area contributed by atoms with Gasteiger partial charge in [-0.15, -0.1) is 0 Å². The van der Waals surface area contributed by atoms with E-state index in [1.54, 1.807) is 6.08 Å². The summed E-state index contributed by atoms with van der Waals surface area (Å²) in [7, 11) is -1.35. The van der Waals surface area contributed by atoms with Crippen molar-refractivity contribution >= 4 is 39.2 Å². The van der Waals surface area contributed by atoms with Crippen LogP contribution in [0.15, 0.2) is 82.1 Å². The van der Waals surface area contributed by atoms with Crippen molar-refractivity contribution in [3.05, 3.63) is 82.7 Å². The summed E-state index contributed by atoms with van der Waals surface area (Å²) in [6.07, 6.45) is 1.78. The van der Waals surface area contributed by atoms with Crippen LogP contribution in [0, 0.1) is 0 Å². The van der Waals surface area contributed by atoms with E-state index in [9.17, 15) is 4.21 Å². The highest BCUT2D eigenvalue weighted by Gasteiger charge is 2.08. The number of fused-ring (bicyclic) bond motifs is 1. The monoisotopic (exact) mass is 312 g/mol. The number of hydrogen-bond acceptors (Lipinski definition) is 1. The molecular weight excluding hydrogens is 300 g/mol. The van der Waals surface area contributed by atoms with Gasteiger partial charge in [-0.2, -0.15) is 0 Å². The Labute approximate surface area is 131 Å². The van der Waals surface area contributed by atoms with Crippen molar-refractivity contribution in [2.45, 2.75) is 4.90 Å². The highest BCUT2D eigenvalue weighted by Crippen LogP contribution is 2.25. The van der Waals surface area contributed by atoms with Crippen molar-refractivity contribution in [1.29, 1.82) is 0 Å². The number of hydrogen-bond donors (Lipinski definition) is 0. The largest absolute Gasteiger partial charge is 0.248 e. The zero-order valence-corrected chi connectivity index (χ0v) is 12.8. The van der Waals surface area contributed by atoms with Gasteiger partial charge in [-0.3, -0.25) is 0 Å². The molecule has 3 heteroatoms. The van der Waals surface area contributed by atoms with E-state index in [1.165, 1.54) is 0 Å². The summed E-state index contributed by atoms with van der Waals surface area (Å²) in [5.74, 6) is 0. The first-order chi connectivity index (χ1) is 10.3. The summed E-state index contributed by atoms with van der Waals surface area (Å²) in [6.45, 7) is 0. The quantitative estimate of drug-likeness (QED) is 0.651. The Balaban J connectivity index is 2.02. The van der Waals surface area contributed by atoms with Crippen LogP contribution in [0.2, 0.25) is 0 Å². The highest BCUT2D eigenvalue weighted by molar-refractivity contribution is 7.91. The Hall–Kier alpha value is -1.90. The van der Waals surface area contributed by atoms with Crippen LogP contribution < -0.4 is 0 Å². The van der Waals surface area contributed by atoms with Crippen LogP contribution in [0.25, 0.3) is 16.8 Å². The standard InChI is InChI=1S/C18H13ClOS/c19-18(21(20)16-10-2-1-3-11-16)13-15-9-6-8-14-7-4-5-12-17(14)15/h1-13H/b18-13-. The van der Waals surface area contributed by atoms with Gasteiger partial charge in [0.05, 0.1) is 10.8 Å². The predicted octanol–water partition coefficient (Wildman–Crippen LogP) is 5.18. The lowest BCUT2D eigenvalue weighted by Gasteiger charge is -2.04. The average Bonchev–Trinajstić information content (AvgIpc) is 2.55. The van der Waals surface area contributed by atoms with Gasteiger partial charge >= 0.3 is 0 Å². The molecule has 0 spiro atoms. The average molecular weight is 313 g/mol. The molecule has 0 fully saturated rings. The van der Waals surface area contributed by atoms with Crippen molar-refractivity contribution in [2.75, 3.05) is 0 Å². The lowest BCUT2D eigenvalue weighted by molar-refractivity contribution is 0.688. The Kier molecular flexibility index (Phi) is 4.18. The molecule has 1 unspecified atom stereocenters. The van der Waals surface area contributed by atoms with E-state index < -0.39 is 10.8 Å².